The van der Waals surface area contributed by atoms with Crippen molar-refractivity contribution < 1.29 is 14.3 Å². The van der Waals surface area contributed by atoms with Gasteiger partial charge in [-0.05, 0) is 31.2 Å². The Bertz CT molecular complexity index is 1090. The van der Waals surface area contributed by atoms with Gasteiger partial charge in [0.05, 0.1) is 23.6 Å². The highest BCUT2D eigenvalue weighted by molar-refractivity contribution is 6.30. The average molecular weight is 408 g/mol. The van der Waals surface area contributed by atoms with Crippen LogP contribution in [0.1, 0.15) is 22.3 Å². The topological polar surface area (TPSA) is 83.3 Å². The summed E-state index contributed by atoms with van der Waals surface area (Å²) in [6.45, 7) is 1.70. The summed E-state index contributed by atoms with van der Waals surface area (Å²) in [6, 6.07) is 17.8. The Hall–Kier alpha value is -3.43. The van der Waals surface area contributed by atoms with E-state index in [-0.39, 0.29) is 23.7 Å². The van der Waals surface area contributed by atoms with Crippen molar-refractivity contribution in [2.45, 2.75) is 13.3 Å². The number of carbonyl (C=O) groups excluding carboxylic acids is 2. The van der Waals surface area contributed by atoms with Gasteiger partial charge in [0.25, 0.3) is 5.91 Å². The van der Waals surface area contributed by atoms with E-state index in [1.807, 2.05) is 25.1 Å². The molecule has 146 valence electrons. The number of hydrogen-bond donors (Lipinski definition) is 0. The summed E-state index contributed by atoms with van der Waals surface area (Å²) < 4.78 is 5.26. The van der Waals surface area contributed by atoms with Crippen LogP contribution in [0.25, 0.3) is 10.9 Å². The van der Waals surface area contributed by atoms with Gasteiger partial charge in [-0.3, -0.25) is 4.79 Å². The van der Waals surface area contributed by atoms with E-state index < -0.39 is 18.5 Å². The number of hydrogen-bond acceptors (Lipinski definition) is 5. The van der Waals surface area contributed by atoms with Crippen molar-refractivity contribution >= 4 is 40.1 Å². The number of amides is 1. The van der Waals surface area contributed by atoms with Gasteiger partial charge >= 0.3 is 5.97 Å². The third-order valence-corrected chi connectivity index (χ3v) is 4.52. The van der Waals surface area contributed by atoms with Crippen molar-refractivity contribution in [2.75, 3.05) is 18.1 Å². The van der Waals surface area contributed by atoms with Crippen LogP contribution in [-0.4, -0.2) is 30.0 Å². The van der Waals surface area contributed by atoms with E-state index in [2.05, 4.69) is 4.98 Å². The molecule has 1 amide bonds. The van der Waals surface area contributed by atoms with Crippen molar-refractivity contribution in [3.63, 3.8) is 0 Å². The van der Waals surface area contributed by atoms with E-state index in [0.29, 0.717) is 16.6 Å². The number of fused-ring (bicyclic) bond motifs is 1. The molecular formula is C22H18ClN3O3. The number of aromatic nitrogens is 1. The predicted molar refractivity (Wildman–Crippen MR) is 111 cm³/mol. The number of halogens is 1. The van der Waals surface area contributed by atoms with Crippen LogP contribution in [0.5, 0.6) is 0 Å². The minimum atomic E-state index is -0.664. The normalized spacial score (nSPS) is 10.4. The van der Waals surface area contributed by atoms with Crippen LogP contribution in [0, 0.1) is 18.3 Å². The molecule has 0 radical (unpaired) electrons. The highest BCUT2D eigenvalue weighted by Gasteiger charge is 2.20. The minimum Gasteiger partial charge on any atom is -0.452 e. The molecule has 0 fully saturated rings. The maximum absolute atomic E-state index is 12.7. The summed E-state index contributed by atoms with van der Waals surface area (Å²) >= 11 is 6.01. The zero-order chi connectivity index (χ0) is 20.8. The molecule has 0 spiro atoms. The molecule has 0 saturated carbocycles. The number of aryl methyl sites for hydroxylation is 1. The number of carbonyl (C=O) groups is 2. The molecule has 0 atom stereocenters. The fourth-order valence-electron chi connectivity index (χ4n) is 2.88. The van der Waals surface area contributed by atoms with Crippen LogP contribution in [0.3, 0.4) is 0 Å². The number of pyridine rings is 1. The third kappa shape index (κ3) is 4.89. The second kappa shape index (κ2) is 9.18. The van der Waals surface area contributed by atoms with E-state index in [4.69, 9.17) is 21.6 Å². The molecular weight excluding hydrogens is 390 g/mol. The number of ether oxygens (including phenoxy) is 1. The van der Waals surface area contributed by atoms with Crippen LogP contribution in [0.4, 0.5) is 5.69 Å². The first-order valence-corrected chi connectivity index (χ1v) is 9.34. The van der Waals surface area contributed by atoms with Crippen molar-refractivity contribution in [1.29, 1.82) is 5.26 Å². The molecule has 3 aromatic rings. The lowest BCUT2D eigenvalue weighted by atomic mass is 10.1. The SMILES string of the molecule is Cc1ccc(N(CCC#N)C(=O)COC(=O)c2cc(Cl)nc3ccccc23)cc1. The lowest BCUT2D eigenvalue weighted by Gasteiger charge is -2.22. The molecule has 0 N–H and O–H groups in total. The number of nitriles is 1. The van der Waals surface area contributed by atoms with Crippen molar-refractivity contribution in [3.8, 4) is 6.07 Å². The van der Waals surface area contributed by atoms with Crippen molar-refractivity contribution in [1.82, 2.24) is 4.98 Å². The number of para-hydroxylation sites is 1. The fraction of sp³-hybridized carbons (Fsp3) is 0.182. The van der Waals surface area contributed by atoms with E-state index in [1.165, 1.54) is 11.0 Å². The number of anilines is 1. The van der Waals surface area contributed by atoms with E-state index in [1.54, 1.807) is 36.4 Å². The van der Waals surface area contributed by atoms with Gasteiger partial charge in [-0.1, -0.05) is 47.5 Å². The van der Waals surface area contributed by atoms with Gasteiger partial charge in [0, 0.05) is 17.6 Å². The maximum Gasteiger partial charge on any atom is 0.339 e. The third-order valence-electron chi connectivity index (χ3n) is 4.33. The molecule has 2 aromatic carbocycles. The number of benzene rings is 2. The Morgan fingerprint density at radius 3 is 2.62 bits per heavy atom. The predicted octanol–water partition coefficient (Wildman–Crippen LogP) is 4.30. The van der Waals surface area contributed by atoms with E-state index in [0.717, 1.165) is 5.56 Å². The molecule has 0 saturated heterocycles. The molecule has 0 aliphatic carbocycles. The molecule has 6 nitrogen and oxygen atoms in total. The van der Waals surface area contributed by atoms with Gasteiger partial charge in [-0.2, -0.15) is 5.26 Å². The highest BCUT2D eigenvalue weighted by Crippen LogP contribution is 2.22. The molecule has 0 aliphatic rings. The fourth-order valence-corrected chi connectivity index (χ4v) is 3.08. The average Bonchev–Trinajstić information content (AvgIpc) is 2.72. The first-order chi connectivity index (χ1) is 14.0. The zero-order valence-corrected chi connectivity index (χ0v) is 16.5. The number of rotatable bonds is 6. The number of esters is 1. The first kappa shape index (κ1) is 20.3. The van der Waals surface area contributed by atoms with Crippen LogP contribution in [0.2, 0.25) is 5.15 Å². The minimum absolute atomic E-state index is 0.164. The van der Waals surface area contributed by atoms with E-state index in [9.17, 15) is 9.59 Å². The van der Waals surface area contributed by atoms with Crippen LogP contribution >= 0.6 is 11.6 Å². The van der Waals surface area contributed by atoms with E-state index >= 15 is 0 Å². The largest absolute Gasteiger partial charge is 0.452 e. The molecule has 0 bridgehead atoms. The summed E-state index contributed by atoms with van der Waals surface area (Å²) in [6.07, 6.45) is 0.165. The quantitative estimate of drug-likeness (QED) is 0.449. The monoisotopic (exact) mass is 407 g/mol. The summed E-state index contributed by atoms with van der Waals surface area (Å²) in [4.78, 5) is 30.9. The Balaban J connectivity index is 1.77. The second-order valence-corrected chi connectivity index (χ2v) is 6.76. The highest BCUT2D eigenvalue weighted by atomic mass is 35.5. The van der Waals surface area contributed by atoms with Crippen molar-refractivity contribution in [2.24, 2.45) is 0 Å². The van der Waals surface area contributed by atoms with Gasteiger partial charge in [0.15, 0.2) is 6.61 Å². The molecule has 0 unspecified atom stereocenters. The lowest BCUT2D eigenvalue weighted by molar-refractivity contribution is -0.121. The van der Waals surface area contributed by atoms with Gasteiger partial charge in [0.2, 0.25) is 0 Å². The summed E-state index contributed by atoms with van der Waals surface area (Å²) in [5.74, 6) is -1.08. The molecule has 3 rings (SSSR count). The number of nitrogens with zero attached hydrogens (tertiary/aromatic N) is 3. The Morgan fingerprint density at radius 1 is 1.17 bits per heavy atom. The van der Waals surface area contributed by atoms with Gasteiger partial charge in [-0.15, -0.1) is 0 Å². The maximum atomic E-state index is 12.7. The molecule has 7 heteroatoms. The first-order valence-electron chi connectivity index (χ1n) is 8.96. The van der Waals surface area contributed by atoms with Crippen LogP contribution in [-0.2, 0) is 9.53 Å². The second-order valence-electron chi connectivity index (χ2n) is 6.37. The lowest BCUT2D eigenvalue weighted by Crippen LogP contribution is -2.35. The Kier molecular flexibility index (Phi) is 6.43. The Labute approximate surface area is 173 Å². The smallest absolute Gasteiger partial charge is 0.339 e. The zero-order valence-electron chi connectivity index (χ0n) is 15.8. The standard InChI is InChI=1S/C22H18ClN3O3/c1-15-7-9-16(10-8-15)26(12-4-11-24)21(27)14-29-22(28)18-13-20(23)25-19-6-3-2-5-17(18)19/h2-3,5-10,13H,4,12,14H2,1H3. The summed E-state index contributed by atoms with van der Waals surface area (Å²) in [5.41, 5.74) is 2.50. The van der Waals surface area contributed by atoms with Crippen molar-refractivity contribution in [3.05, 3.63) is 70.9 Å². The summed E-state index contributed by atoms with van der Waals surface area (Å²) in [5, 5.41) is 9.65. The van der Waals surface area contributed by atoms with Gasteiger partial charge in [0.1, 0.15) is 5.15 Å². The van der Waals surface area contributed by atoms with Crippen LogP contribution < -0.4 is 4.90 Å². The van der Waals surface area contributed by atoms with Gasteiger partial charge in [-0.25, -0.2) is 9.78 Å². The molecule has 1 heterocycles. The molecule has 29 heavy (non-hydrogen) atoms. The molecule has 0 aliphatic heterocycles. The van der Waals surface area contributed by atoms with Crippen LogP contribution in [0.15, 0.2) is 54.6 Å². The van der Waals surface area contributed by atoms with Gasteiger partial charge < -0.3 is 9.64 Å². The Morgan fingerprint density at radius 2 is 1.90 bits per heavy atom. The molecule has 1 aromatic heterocycles. The summed E-state index contributed by atoms with van der Waals surface area (Å²) in [7, 11) is 0.